The fourth-order valence-corrected chi connectivity index (χ4v) is 3.07. The summed E-state index contributed by atoms with van der Waals surface area (Å²) in [5.41, 5.74) is 4.18. The van der Waals surface area contributed by atoms with Gasteiger partial charge in [0.25, 0.3) is 0 Å². The summed E-state index contributed by atoms with van der Waals surface area (Å²) >= 11 is 0. The third kappa shape index (κ3) is 3.04. The van der Waals surface area contributed by atoms with Crippen molar-refractivity contribution in [3.63, 3.8) is 0 Å². The fraction of sp³-hybridized carbons (Fsp3) is 0.368. The molecule has 2 unspecified atom stereocenters. The standard InChI is InChI=1S/C19H23N/c1-15-14-17(16-8-4-2-5-9-16)12-13-19(15)20-18-10-6-3-7-11-18/h3-4,6-10,13-14,17-18,20H,2,5,11-12H2,1H3. The Morgan fingerprint density at radius 1 is 1.05 bits per heavy atom. The number of hydrogen-bond acceptors (Lipinski definition) is 1. The summed E-state index contributed by atoms with van der Waals surface area (Å²) in [6.45, 7) is 2.22. The van der Waals surface area contributed by atoms with Gasteiger partial charge in [0.1, 0.15) is 0 Å². The molecule has 3 rings (SSSR count). The number of rotatable bonds is 3. The molecule has 20 heavy (non-hydrogen) atoms. The quantitative estimate of drug-likeness (QED) is 0.787. The summed E-state index contributed by atoms with van der Waals surface area (Å²) < 4.78 is 0. The number of allylic oxidation sites excluding steroid dienone is 9. The molecule has 1 heteroatoms. The molecule has 3 aliphatic rings. The zero-order valence-electron chi connectivity index (χ0n) is 12.2. The van der Waals surface area contributed by atoms with Gasteiger partial charge >= 0.3 is 0 Å². The van der Waals surface area contributed by atoms with Gasteiger partial charge in [-0.3, -0.25) is 0 Å². The highest BCUT2D eigenvalue weighted by atomic mass is 14.9. The van der Waals surface area contributed by atoms with E-state index in [0.29, 0.717) is 12.0 Å². The maximum Gasteiger partial charge on any atom is 0.0482 e. The van der Waals surface area contributed by atoms with Crippen molar-refractivity contribution < 1.29 is 0 Å². The normalized spacial score (nSPS) is 28.8. The van der Waals surface area contributed by atoms with Crippen LogP contribution in [0.15, 0.2) is 71.5 Å². The SMILES string of the molecule is CC1=CC(C2=CCCC=C2)CC=C1NC1C=CC=CC1. The molecule has 0 heterocycles. The van der Waals surface area contributed by atoms with Crippen LogP contribution in [0.25, 0.3) is 0 Å². The van der Waals surface area contributed by atoms with Crippen LogP contribution in [0.1, 0.15) is 32.6 Å². The summed E-state index contributed by atoms with van der Waals surface area (Å²) in [7, 11) is 0. The summed E-state index contributed by atoms with van der Waals surface area (Å²) in [6, 6.07) is 0.444. The first-order chi connectivity index (χ1) is 9.83. The van der Waals surface area contributed by atoms with Gasteiger partial charge < -0.3 is 5.32 Å². The van der Waals surface area contributed by atoms with Gasteiger partial charge in [-0.1, -0.05) is 54.7 Å². The molecular formula is C19H23N. The van der Waals surface area contributed by atoms with Crippen molar-refractivity contribution in [2.45, 2.75) is 38.6 Å². The highest BCUT2D eigenvalue weighted by molar-refractivity contribution is 5.39. The molecule has 3 aliphatic carbocycles. The summed E-state index contributed by atoms with van der Waals surface area (Å²) in [6.07, 6.45) is 25.1. The van der Waals surface area contributed by atoms with Gasteiger partial charge in [-0.25, -0.2) is 0 Å². The van der Waals surface area contributed by atoms with E-state index in [1.807, 2.05) is 0 Å². The van der Waals surface area contributed by atoms with Crippen molar-refractivity contribution in [1.29, 1.82) is 0 Å². The Morgan fingerprint density at radius 3 is 2.70 bits per heavy atom. The minimum Gasteiger partial charge on any atom is -0.379 e. The van der Waals surface area contributed by atoms with Crippen LogP contribution in [0.5, 0.6) is 0 Å². The van der Waals surface area contributed by atoms with E-state index in [1.54, 1.807) is 0 Å². The molecule has 0 aromatic rings. The second kappa shape index (κ2) is 6.13. The summed E-state index contributed by atoms with van der Waals surface area (Å²) in [5, 5.41) is 3.65. The largest absolute Gasteiger partial charge is 0.379 e. The molecule has 0 aromatic heterocycles. The first-order valence-electron chi connectivity index (χ1n) is 7.68. The molecule has 0 radical (unpaired) electrons. The molecule has 0 aliphatic heterocycles. The smallest absolute Gasteiger partial charge is 0.0482 e. The minimum atomic E-state index is 0.444. The lowest BCUT2D eigenvalue weighted by atomic mass is 9.86. The third-order valence-electron chi connectivity index (χ3n) is 4.23. The van der Waals surface area contributed by atoms with E-state index < -0.39 is 0 Å². The van der Waals surface area contributed by atoms with Crippen LogP contribution < -0.4 is 5.32 Å². The first-order valence-corrected chi connectivity index (χ1v) is 7.68. The van der Waals surface area contributed by atoms with Crippen molar-refractivity contribution in [2.24, 2.45) is 5.92 Å². The first kappa shape index (κ1) is 13.2. The van der Waals surface area contributed by atoms with Gasteiger partial charge in [-0.15, -0.1) is 0 Å². The molecule has 0 aromatic carbocycles. The lowest BCUT2D eigenvalue weighted by molar-refractivity contribution is 0.655. The van der Waals surface area contributed by atoms with Crippen LogP contribution in [-0.4, -0.2) is 6.04 Å². The second-order valence-corrected chi connectivity index (χ2v) is 5.79. The van der Waals surface area contributed by atoms with Crippen LogP contribution in [0.3, 0.4) is 0 Å². The molecule has 0 bridgehead atoms. The van der Waals surface area contributed by atoms with Crippen LogP contribution >= 0.6 is 0 Å². The van der Waals surface area contributed by atoms with Crippen molar-refractivity contribution in [2.75, 3.05) is 0 Å². The predicted molar refractivity (Wildman–Crippen MR) is 86.2 cm³/mol. The van der Waals surface area contributed by atoms with Crippen molar-refractivity contribution in [1.82, 2.24) is 5.32 Å². The molecule has 2 atom stereocenters. The molecule has 0 fully saturated rings. The average molecular weight is 265 g/mol. The van der Waals surface area contributed by atoms with Crippen molar-refractivity contribution in [3.05, 3.63) is 71.5 Å². The minimum absolute atomic E-state index is 0.444. The average Bonchev–Trinajstić information content (AvgIpc) is 2.51. The van der Waals surface area contributed by atoms with E-state index >= 15 is 0 Å². The third-order valence-corrected chi connectivity index (χ3v) is 4.23. The highest BCUT2D eigenvalue weighted by Gasteiger charge is 2.17. The van der Waals surface area contributed by atoms with E-state index in [2.05, 4.69) is 66.9 Å². The maximum absolute atomic E-state index is 3.65. The van der Waals surface area contributed by atoms with Gasteiger partial charge in [-0.05, 0) is 43.8 Å². The molecule has 1 N–H and O–H groups in total. The van der Waals surface area contributed by atoms with E-state index in [4.69, 9.17) is 0 Å². The predicted octanol–water partition coefficient (Wildman–Crippen LogP) is 4.59. The summed E-state index contributed by atoms with van der Waals surface area (Å²) in [4.78, 5) is 0. The van der Waals surface area contributed by atoms with E-state index in [9.17, 15) is 0 Å². The molecule has 0 spiro atoms. The lowest BCUT2D eigenvalue weighted by Crippen LogP contribution is -2.28. The second-order valence-electron chi connectivity index (χ2n) is 5.79. The molecule has 0 saturated carbocycles. The fourth-order valence-electron chi connectivity index (χ4n) is 3.07. The van der Waals surface area contributed by atoms with E-state index in [-0.39, 0.29) is 0 Å². The van der Waals surface area contributed by atoms with E-state index in [0.717, 1.165) is 12.8 Å². The van der Waals surface area contributed by atoms with Gasteiger partial charge in [-0.2, -0.15) is 0 Å². The van der Waals surface area contributed by atoms with Crippen molar-refractivity contribution >= 4 is 0 Å². The maximum atomic E-state index is 3.65. The Bertz CT molecular complexity index is 540. The Labute approximate surface area is 122 Å². The van der Waals surface area contributed by atoms with Crippen LogP contribution in [0.4, 0.5) is 0 Å². The zero-order valence-corrected chi connectivity index (χ0v) is 12.2. The lowest BCUT2D eigenvalue weighted by Gasteiger charge is -2.26. The van der Waals surface area contributed by atoms with Crippen LogP contribution in [-0.2, 0) is 0 Å². The Balaban J connectivity index is 1.65. The Hall–Kier alpha value is -1.76. The van der Waals surface area contributed by atoms with Gasteiger partial charge in [0.2, 0.25) is 0 Å². The molecule has 0 saturated heterocycles. The summed E-state index contributed by atoms with van der Waals surface area (Å²) in [5.74, 6) is 0.568. The van der Waals surface area contributed by atoms with Gasteiger partial charge in [0.05, 0.1) is 0 Å². The highest BCUT2D eigenvalue weighted by Crippen LogP contribution is 2.30. The van der Waals surface area contributed by atoms with Gasteiger partial charge in [0, 0.05) is 17.7 Å². The topological polar surface area (TPSA) is 12.0 Å². The Morgan fingerprint density at radius 2 is 2.00 bits per heavy atom. The molecular weight excluding hydrogens is 242 g/mol. The molecule has 0 amide bonds. The zero-order chi connectivity index (χ0) is 13.8. The molecule has 104 valence electrons. The van der Waals surface area contributed by atoms with Crippen molar-refractivity contribution in [3.8, 4) is 0 Å². The van der Waals surface area contributed by atoms with Crippen LogP contribution in [0, 0.1) is 5.92 Å². The van der Waals surface area contributed by atoms with Gasteiger partial charge in [0.15, 0.2) is 0 Å². The number of hydrogen-bond donors (Lipinski definition) is 1. The Kier molecular flexibility index (Phi) is 4.05. The number of nitrogens with one attached hydrogen (secondary N) is 1. The van der Waals surface area contributed by atoms with Crippen LogP contribution in [0.2, 0.25) is 0 Å². The molecule has 1 nitrogen and oxygen atoms in total. The van der Waals surface area contributed by atoms with E-state index in [1.165, 1.54) is 29.7 Å². The monoisotopic (exact) mass is 265 g/mol.